The van der Waals surface area contributed by atoms with Gasteiger partial charge in [0, 0.05) is 24.3 Å². The number of carbonyl (C=O) groups is 2. The van der Waals surface area contributed by atoms with Gasteiger partial charge in [0.2, 0.25) is 0 Å². The fraction of sp³-hybridized carbons (Fsp3) is 0.368. The minimum absolute atomic E-state index is 0.0441. The Kier molecular flexibility index (Phi) is 6.75. The van der Waals surface area contributed by atoms with Crippen LogP contribution in [0.3, 0.4) is 0 Å². The Bertz CT molecular complexity index is 872. The molecule has 0 bridgehead atoms. The Labute approximate surface area is 162 Å². The largest absolute Gasteiger partial charge is 0.619 e. The second-order valence-corrected chi connectivity index (χ2v) is 5.98. The topological polar surface area (TPSA) is 124 Å². The molecular formula is C19H23N3O6. The van der Waals surface area contributed by atoms with Crippen molar-refractivity contribution in [3.05, 3.63) is 57.3 Å². The third kappa shape index (κ3) is 3.98. The summed E-state index contributed by atoms with van der Waals surface area (Å²) in [6, 6.07) is 3.18. The van der Waals surface area contributed by atoms with E-state index >= 15 is 0 Å². The predicted octanol–water partition coefficient (Wildman–Crippen LogP) is 1.43. The minimum atomic E-state index is -0.936. The maximum Gasteiger partial charge on any atom is 0.337 e. The van der Waals surface area contributed by atoms with Gasteiger partial charge in [0.25, 0.3) is 0 Å². The van der Waals surface area contributed by atoms with E-state index in [0.29, 0.717) is 21.7 Å². The first kappa shape index (κ1) is 20.9. The molecule has 1 aromatic heterocycles. The average Bonchev–Trinajstić information content (AvgIpc) is 2.64. The van der Waals surface area contributed by atoms with Gasteiger partial charge in [-0.05, 0) is 26.8 Å². The highest BCUT2D eigenvalue weighted by Gasteiger charge is 2.40. The van der Waals surface area contributed by atoms with Gasteiger partial charge >= 0.3 is 11.9 Å². The number of ether oxygens (including phenoxy) is 2. The molecule has 1 aromatic rings. The van der Waals surface area contributed by atoms with Gasteiger partial charge in [-0.15, -0.1) is 0 Å². The lowest BCUT2D eigenvalue weighted by atomic mass is 9.79. The lowest BCUT2D eigenvalue weighted by molar-refractivity contribution is -0.612. The first-order valence-electron chi connectivity index (χ1n) is 8.79. The van der Waals surface area contributed by atoms with Crippen molar-refractivity contribution < 1.29 is 29.0 Å². The summed E-state index contributed by atoms with van der Waals surface area (Å²) in [6.45, 7) is 6.79. The zero-order valence-corrected chi connectivity index (χ0v) is 16.2. The van der Waals surface area contributed by atoms with Crippen LogP contribution in [0, 0.1) is 12.1 Å². The van der Waals surface area contributed by atoms with Crippen molar-refractivity contribution in [2.24, 2.45) is 5.16 Å². The molecule has 2 rings (SSSR count). The lowest BCUT2D eigenvalue weighted by Gasteiger charge is -2.30. The minimum Gasteiger partial charge on any atom is -0.619 e. The van der Waals surface area contributed by atoms with Crippen molar-refractivity contribution in [3.8, 4) is 0 Å². The number of oxime groups is 1. The highest BCUT2D eigenvalue weighted by Crippen LogP contribution is 2.39. The number of allylic oxidation sites excluding steroid dienone is 2. The van der Waals surface area contributed by atoms with Gasteiger partial charge in [-0.3, -0.25) is 0 Å². The van der Waals surface area contributed by atoms with Crippen molar-refractivity contribution in [2.45, 2.75) is 33.6 Å². The lowest BCUT2D eigenvalue weighted by Crippen LogP contribution is -2.37. The quantitative estimate of drug-likeness (QED) is 0.188. The SMILES string of the molecule is CCOC(=O)C1=C(C)NC(/C=N\O)=C(C(=O)OCC)C1c1ccc[n+]([O-])c1C. The fourth-order valence-electron chi connectivity index (χ4n) is 3.13. The molecule has 1 atom stereocenters. The van der Waals surface area contributed by atoms with Crippen molar-refractivity contribution in [3.63, 3.8) is 0 Å². The highest BCUT2D eigenvalue weighted by molar-refractivity contribution is 6.04. The Morgan fingerprint density at radius 3 is 2.43 bits per heavy atom. The van der Waals surface area contributed by atoms with Crippen LogP contribution in [-0.4, -0.2) is 36.6 Å². The number of pyridine rings is 1. The van der Waals surface area contributed by atoms with Crippen LogP contribution in [-0.2, 0) is 19.1 Å². The number of rotatable bonds is 6. The predicted molar refractivity (Wildman–Crippen MR) is 99.3 cm³/mol. The van der Waals surface area contributed by atoms with Crippen LogP contribution < -0.4 is 10.0 Å². The van der Waals surface area contributed by atoms with E-state index in [4.69, 9.17) is 14.7 Å². The monoisotopic (exact) mass is 389 g/mol. The molecule has 1 unspecified atom stereocenters. The number of nitrogens with zero attached hydrogens (tertiary/aromatic N) is 2. The number of aromatic nitrogens is 1. The molecule has 0 aromatic carbocycles. The molecule has 0 saturated heterocycles. The van der Waals surface area contributed by atoms with Crippen LogP contribution in [0.5, 0.6) is 0 Å². The Hall–Kier alpha value is -3.36. The van der Waals surface area contributed by atoms with Crippen LogP contribution in [0.25, 0.3) is 0 Å². The zero-order valence-electron chi connectivity index (χ0n) is 16.2. The van der Waals surface area contributed by atoms with Gasteiger partial charge in [-0.2, -0.15) is 4.73 Å². The standard InChI is InChI=1S/C19H23N3O6/c1-5-27-18(23)15-11(3)21-14(10-20-25)17(19(24)28-6-2)16(15)13-8-7-9-22(26)12(13)4/h7-10,16,21,25H,5-6H2,1-4H3/b20-10-. The first-order chi connectivity index (χ1) is 13.4. The summed E-state index contributed by atoms with van der Waals surface area (Å²) in [5.74, 6) is -2.27. The molecule has 9 nitrogen and oxygen atoms in total. The fourth-order valence-corrected chi connectivity index (χ4v) is 3.13. The first-order valence-corrected chi connectivity index (χ1v) is 8.79. The second kappa shape index (κ2) is 9.03. The number of carbonyl (C=O) groups excluding carboxylic acids is 2. The third-order valence-electron chi connectivity index (χ3n) is 4.33. The highest BCUT2D eigenvalue weighted by atomic mass is 16.5. The number of esters is 2. The van der Waals surface area contributed by atoms with E-state index in [9.17, 15) is 14.8 Å². The van der Waals surface area contributed by atoms with Crippen LogP contribution in [0.2, 0.25) is 0 Å². The van der Waals surface area contributed by atoms with Gasteiger partial charge in [0.15, 0.2) is 11.9 Å². The van der Waals surface area contributed by atoms with E-state index < -0.39 is 17.9 Å². The summed E-state index contributed by atoms with van der Waals surface area (Å²) in [5.41, 5.74) is 1.54. The summed E-state index contributed by atoms with van der Waals surface area (Å²) in [6.07, 6.45) is 2.37. The van der Waals surface area contributed by atoms with Gasteiger partial charge in [-0.25, -0.2) is 9.59 Å². The van der Waals surface area contributed by atoms with Crippen LogP contribution in [0.1, 0.15) is 37.9 Å². The molecule has 150 valence electrons. The van der Waals surface area contributed by atoms with Crippen molar-refractivity contribution in [2.75, 3.05) is 13.2 Å². The second-order valence-electron chi connectivity index (χ2n) is 5.98. The Morgan fingerprint density at radius 1 is 1.25 bits per heavy atom. The van der Waals surface area contributed by atoms with E-state index in [0.717, 1.165) is 6.21 Å². The molecule has 1 aliphatic heterocycles. The van der Waals surface area contributed by atoms with E-state index in [1.54, 1.807) is 33.8 Å². The average molecular weight is 389 g/mol. The van der Waals surface area contributed by atoms with Crippen LogP contribution in [0.15, 0.2) is 46.0 Å². The number of nitrogens with one attached hydrogen (secondary N) is 1. The Morgan fingerprint density at radius 2 is 1.86 bits per heavy atom. The van der Waals surface area contributed by atoms with Gasteiger partial charge < -0.3 is 25.2 Å². The summed E-state index contributed by atoms with van der Waals surface area (Å²) in [5, 5.41) is 27.1. The van der Waals surface area contributed by atoms with Gasteiger partial charge in [0.1, 0.15) is 0 Å². The summed E-state index contributed by atoms with van der Waals surface area (Å²) < 4.78 is 11.0. The van der Waals surface area contributed by atoms with Crippen LogP contribution >= 0.6 is 0 Å². The number of dihydropyridines is 1. The summed E-state index contributed by atoms with van der Waals surface area (Å²) >= 11 is 0. The summed E-state index contributed by atoms with van der Waals surface area (Å²) in [7, 11) is 0. The number of hydrogen-bond donors (Lipinski definition) is 2. The van der Waals surface area contributed by atoms with Crippen molar-refractivity contribution in [1.82, 2.24) is 5.32 Å². The smallest absolute Gasteiger partial charge is 0.337 e. The Balaban J connectivity index is 2.81. The van der Waals surface area contributed by atoms with E-state index in [2.05, 4.69) is 10.5 Å². The normalized spacial score (nSPS) is 16.9. The summed E-state index contributed by atoms with van der Waals surface area (Å²) in [4.78, 5) is 25.5. The molecule has 0 spiro atoms. The van der Waals surface area contributed by atoms with Crippen LogP contribution in [0.4, 0.5) is 0 Å². The van der Waals surface area contributed by atoms with E-state index in [1.165, 1.54) is 12.3 Å². The molecule has 2 heterocycles. The molecule has 1 aliphatic rings. The van der Waals surface area contributed by atoms with Gasteiger partial charge in [0.05, 0.1) is 42.2 Å². The van der Waals surface area contributed by atoms with Crippen molar-refractivity contribution >= 4 is 18.2 Å². The van der Waals surface area contributed by atoms with Crippen molar-refractivity contribution in [1.29, 1.82) is 0 Å². The molecule has 0 saturated carbocycles. The molecule has 0 radical (unpaired) electrons. The molecule has 0 aliphatic carbocycles. The molecule has 9 heteroatoms. The number of hydrogen-bond acceptors (Lipinski definition) is 8. The maximum absolute atomic E-state index is 12.8. The molecule has 2 N–H and O–H groups in total. The molecular weight excluding hydrogens is 366 g/mol. The molecule has 0 fully saturated rings. The molecule has 0 amide bonds. The molecule has 28 heavy (non-hydrogen) atoms. The van der Waals surface area contributed by atoms with Gasteiger partial charge in [-0.1, -0.05) is 5.16 Å². The zero-order chi connectivity index (χ0) is 20.8. The maximum atomic E-state index is 12.8. The van der Waals surface area contributed by atoms with E-state index in [1.807, 2.05) is 0 Å². The van der Waals surface area contributed by atoms with E-state index in [-0.39, 0.29) is 30.1 Å². The third-order valence-corrected chi connectivity index (χ3v) is 4.33.